The van der Waals surface area contributed by atoms with E-state index in [4.69, 9.17) is 10.5 Å². The molecule has 1 aliphatic rings. The van der Waals surface area contributed by atoms with E-state index in [0.29, 0.717) is 12.5 Å². The van der Waals surface area contributed by atoms with E-state index in [1.807, 2.05) is 30.3 Å². The molecule has 1 fully saturated rings. The summed E-state index contributed by atoms with van der Waals surface area (Å²) in [6.45, 7) is 2.70. The first-order valence-corrected chi connectivity index (χ1v) is 9.19. The molecule has 1 aromatic heterocycles. The Kier molecular flexibility index (Phi) is 5.21. The third-order valence-corrected chi connectivity index (χ3v) is 5.87. The number of amides is 1. The molecule has 2 atom stereocenters. The Bertz CT molecular complexity index is 709. The molecule has 5 heteroatoms. The molecule has 1 aromatic carbocycles. The second-order valence-corrected chi connectivity index (χ2v) is 7.57. The Balaban J connectivity index is 1.76. The van der Waals surface area contributed by atoms with E-state index in [9.17, 15) is 4.79 Å². The van der Waals surface area contributed by atoms with Gasteiger partial charge in [0.05, 0.1) is 12.0 Å². The molecule has 1 aliphatic carbocycles. The van der Waals surface area contributed by atoms with Crippen LogP contribution in [0.15, 0.2) is 30.3 Å². The second-order valence-electron chi connectivity index (χ2n) is 6.32. The molecule has 1 amide bonds. The molecule has 1 saturated carbocycles. The van der Waals surface area contributed by atoms with Crippen LogP contribution < -0.4 is 15.8 Å². The normalized spacial score (nSPS) is 20.1. The van der Waals surface area contributed by atoms with Crippen LogP contribution in [-0.2, 0) is 0 Å². The maximum Gasteiger partial charge on any atom is 0.261 e. The van der Waals surface area contributed by atoms with Crippen LogP contribution in [0.5, 0.6) is 5.75 Å². The molecule has 1 heterocycles. The highest BCUT2D eigenvalue weighted by atomic mass is 32.1. The van der Waals surface area contributed by atoms with Gasteiger partial charge in [-0.15, -0.1) is 11.3 Å². The number of carbonyl (C=O) groups is 1. The van der Waals surface area contributed by atoms with Crippen molar-refractivity contribution in [3.8, 4) is 16.9 Å². The van der Waals surface area contributed by atoms with Gasteiger partial charge in [-0.2, -0.15) is 0 Å². The number of nitrogens with one attached hydrogen (secondary N) is 1. The first-order valence-electron chi connectivity index (χ1n) is 8.38. The fourth-order valence-corrected chi connectivity index (χ4v) is 4.34. The third kappa shape index (κ3) is 3.47. The molecular formula is C19H24N2O2S. The lowest BCUT2D eigenvalue weighted by Gasteiger charge is -2.18. The van der Waals surface area contributed by atoms with Gasteiger partial charge < -0.3 is 15.8 Å². The summed E-state index contributed by atoms with van der Waals surface area (Å²) >= 11 is 1.54. The maximum atomic E-state index is 12.6. The Morgan fingerprint density at radius 1 is 1.33 bits per heavy atom. The zero-order valence-electron chi connectivity index (χ0n) is 14.2. The molecule has 0 spiro atoms. The molecule has 24 heavy (non-hydrogen) atoms. The van der Waals surface area contributed by atoms with E-state index < -0.39 is 0 Å². The van der Waals surface area contributed by atoms with Gasteiger partial charge in [0.2, 0.25) is 0 Å². The highest BCUT2D eigenvalue weighted by molar-refractivity contribution is 7.14. The monoisotopic (exact) mass is 344 g/mol. The van der Waals surface area contributed by atoms with Gasteiger partial charge in [0.25, 0.3) is 5.91 Å². The third-order valence-electron chi connectivity index (χ3n) is 4.82. The molecule has 4 nitrogen and oxygen atoms in total. The van der Waals surface area contributed by atoms with Crippen molar-refractivity contribution in [2.24, 2.45) is 11.7 Å². The van der Waals surface area contributed by atoms with Crippen LogP contribution in [0, 0.1) is 12.8 Å². The highest BCUT2D eigenvalue weighted by Gasteiger charge is 2.28. The number of thiophene rings is 1. The van der Waals surface area contributed by atoms with E-state index in [0.717, 1.165) is 45.9 Å². The first kappa shape index (κ1) is 17.0. The van der Waals surface area contributed by atoms with E-state index in [2.05, 4.69) is 12.2 Å². The molecule has 0 bridgehead atoms. The predicted molar refractivity (Wildman–Crippen MR) is 98.7 cm³/mol. The summed E-state index contributed by atoms with van der Waals surface area (Å²) < 4.78 is 5.20. The molecule has 2 aromatic rings. The topological polar surface area (TPSA) is 64.3 Å². The van der Waals surface area contributed by atoms with Gasteiger partial charge in [-0.3, -0.25) is 4.79 Å². The summed E-state index contributed by atoms with van der Waals surface area (Å²) in [5, 5.41) is 3.18. The maximum absolute atomic E-state index is 12.6. The highest BCUT2D eigenvalue weighted by Crippen LogP contribution is 2.32. The zero-order valence-corrected chi connectivity index (χ0v) is 15.0. The van der Waals surface area contributed by atoms with Crippen LogP contribution >= 0.6 is 11.3 Å². The minimum Gasteiger partial charge on any atom is -0.497 e. The number of nitrogens with two attached hydrogens (primary N) is 1. The number of aryl methyl sites for hydroxylation is 1. The van der Waals surface area contributed by atoms with Crippen LogP contribution in [0.25, 0.3) is 11.1 Å². The van der Waals surface area contributed by atoms with Crippen LogP contribution in [0.3, 0.4) is 0 Å². The van der Waals surface area contributed by atoms with Gasteiger partial charge in [0, 0.05) is 10.9 Å². The van der Waals surface area contributed by atoms with Crippen molar-refractivity contribution in [2.75, 3.05) is 13.7 Å². The molecule has 0 saturated heterocycles. The average Bonchev–Trinajstić information content (AvgIpc) is 3.21. The summed E-state index contributed by atoms with van der Waals surface area (Å²) in [7, 11) is 1.66. The molecule has 3 rings (SSSR count). The van der Waals surface area contributed by atoms with Gasteiger partial charge in [0.15, 0.2) is 0 Å². The van der Waals surface area contributed by atoms with Crippen molar-refractivity contribution in [3.05, 3.63) is 40.1 Å². The van der Waals surface area contributed by atoms with Crippen molar-refractivity contribution < 1.29 is 9.53 Å². The van der Waals surface area contributed by atoms with Gasteiger partial charge in [-0.25, -0.2) is 0 Å². The first-order chi connectivity index (χ1) is 11.6. The van der Waals surface area contributed by atoms with E-state index in [1.54, 1.807) is 18.4 Å². The Labute approximate surface area is 147 Å². The van der Waals surface area contributed by atoms with Crippen molar-refractivity contribution in [3.63, 3.8) is 0 Å². The number of carbonyl (C=O) groups excluding carboxylic acids is 1. The summed E-state index contributed by atoms with van der Waals surface area (Å²) in [5.74, 6) is 1.27. The molecule has 0 aliphatic heterocycles. The number of methoxy groups -OCH3 is 1. The lowest BCUT2D eigenvalue weighted by molar-refractivity contribution is 0.0933. The van der Waals surface area contributed by atoms with Gasteiger partial charge in [0.1, 0.15) is 5.75 Å². The van der Waals surface area contributed by atoms with Crippen molar-refractivity contribution >= 4 is 17.2 Å². The van der Waals surface area contributed by atoms with Gasteiger partial charge in [-0.1, -0.05) is 18.6 Å². The molecular weight excluding hydrogens is 320 g/mol. The van der Waals surface area contributed by atoms with Crippen LogP contribution in [-0.4, -0.2) is 25.6 Å². The lowest BCUT2D eigenvalue weighted by Crippen LogP contribution is -2.39. The molecule has 2 unspecified atom stereocenters. The zero-order chi connectivity index (χ0) is 17.1. The van der Waals surface area contributed by atoms with Gasteiger partial charge in [-0.05, 0) is 61.6 Å². The SMILES string of the molecule is COc1ccc(-c2cc(C(=O)NC3CCCC3CN)sc2C)cc1. The number of benzene rings is 1. The fourth-order valence-electron chi connectivity index (χ4n) is 3.40. The molecule has 128 valence electrons. The molecule has 0 radical (unpaired) electrons. The van der Waals surface area contributed by atoms with E-state index >= 15 is 0 Å². The summed E-state index contributed by atoms with van der Waals surface area (Å²) in [6, 6.07) is 10.1. The van der Waals surface area contributed by atoms with Crippen molar-refractivity contribution in [2.45, 2.75) is 32.2 Å². The smallest absolute Gasteiger partial charge is 0.261 e. The number of hydrogen-bond donors (Lipinski definition) is 2. The summed E-state index contributed by atoms with van der Waals surface area (Å²) in [6.07, 6.45) is 3.29. The minimum atomic E-state index is 0.0215. The van der Waals surface area contributed by atoms with Crippen LogP contribution in [0.2, 0.25) is 0 Å². The largest absolute Gasteiger partial charge is 0.497 e. The Morgan fingerprint density at radius 3 is 2.75 bits per heavy atom. The van der Waals surface area contributed by atoms with E-state index in [1.165, 1.54) is 0 Å². The quantitative estimate of drug-likeness (QED) is 0.871. The van der Waals surface area contributed by atoms with Crippen LogP contribution in [0.4, 0.5) is 0 Å². The fraction of sp³-hybridized carbons (Fsp3) is 0.421. The number of hydrogen-bond acceptors (Lipinski definition) is 4. The number of rotatable bonds is 5. The van der Waals surface area contributed by atoms with Crippen molar-refractivity contribution in [1.29, 1.82) is 0 Å². The minimum absolute atomic E-state index is 0.0215. The predicted octanol–water partition coefficient (Wildman–Crippen LogP) is 3.59. The van der Waals surface area contributed by atoms with Crippen LogP contribution in [0.1, 0.15) is 33.8 Å². The van der Waals surface area contributed by atoms with Gasteiger partial charge >= 0.3 is 0 Å². The second kappa shape index (κ2) is 7.36. The lowest BCUT2D eigenvalue weighted by atomic mass is 10.0. The number of ether oxygens (including phenoxy) is 1. The Morgan fingerprint density at radius 2 is 2.08 bits per heavy atom. The average molecular weight is 344 g/mol. The standard InChI is InChI=1S/C19H24N2O2S/c1-12-16(13-6-8-15(23-2)9-7-13)10-18(24-12)19(22)21-17-5-3-4-14(17)11-20/h6-10,14,17H,3-5,11,20H2,1-2H3,(H,21,22). The van der Waals surface area contributed by atoms with E-state index in [-0.39, 0.29) is 11.9 Å². The Hall–Kier alpha value is -1.85. The molecule has 3 N–H and O–H groups in total. The summed E-state index contributed by atoms with van der Waals surface area (Å²) in [4.78, 5) is 14.5. The van der Waals surface area contributed by atoms with Crippen molar-refractivity contribution in [1.82, 2.24) is 5.32 Å². The summed E-state index contributed by atoms with van der Waals surface area (Å²) in [5.41, 5.74) is 8.01.